The smallest absolute Gasteiger partial charge is 0.313 e. The number of hydrogen-bond donors (Lipinski definition) is 2. The maximum absolute atomic E-state index is 15.3. The molecule has 6 rings (SSSR count). The van der Waals surface area contributed by atoms with Gasteiger partial charge in [-0.25, -0.2) is 0 Å². The first-order chi connectivity index (χ1) is 25.1. The van der Waals surface area contributed by atoms with Gasteiger partial charge in [-0.05, 0) is 55.9 Å². The number of carbonyl (C=O) groups is 4. The Labute approximate surface area is 313 Å². The average Bonchev–Trinajstić information content (AvgIpc) is 3.72. The lowest BCUT2D eigenvalue weighted by Gasteiger charge is -2.36. The number of aliphatic hydroxyl groups excluding tert-OH is 1. The number of esters is 1. The number of fused-ring (bicyclic) bond motifs is 2. The van der Waals surface area contributed by atoms with E-state index in [0.717, 1.165) is 29.7 Å². The second-order valence-electron chi connectivity index (χ2n) is 14.1. The number of allylic oxidation sites excluding steroid dienone is 1. The van der Waals surface area contributed by atoms with Gasteiger partial charge in [0.25, 0.3) is 5.91 Å². The molecule has 2 N–H and O–H groups in total. The minimum Gasteiger partial charge on any atom is -0.455 e. The number of rotatable bonds is 10. The molecule has 0 saturated carbocycles. The maximum atomic E-state index is 15.3. The number of benzene rings is 2. The van der Waals surface area contributed by atoms with Gasteiger partial charge in [-0.1, -0.05) is 89.5 Å². The molecule has 2 aromatic rings. The normalized spacial score (nSPS) is 29.9. The summed E-state index contributed by atoms with van der Waals surface area (Å²) in [6.07, 6.45) is 7.18. The summed E-state index contributed by atoms with van der Waals surface area (Å²) in [7, 11) is 1.52. The molecule has 2 saturated heterocycles. The van der Waals surface area contributed by atoms with E-state index < -0.39 is 47.7 Å². The number of methoxy groups -OCH3 is 1. The highest BCUT2D eigenvalue weighted by Crippen LogP contribution is 2.59. The van der Waals surface area contributed by atoms with Crippen molar-refractivity contribution in [3.63, 3.8) is 0 Å². The van der Waals surface area contributed by atoms with Crippen LogP contribution in [0.3, 0.4) is 0 Å². The summed E-state index contributed by atoms with van der Waals surface area (Å²) >= 11 is 3.65. The summed E-state index contributed by atoms with van der Waals surface area (Å²) in [5, 5.41) is 12.4. The highest BCUT2D eigenvalue weighted by molar-refractivity contribution is 9.11. The topological polar surface area (TPSA) is 135 Å². The number of cyclic esters (lactones) is 1. The molecule has 0 unspecified atom stereocenters. The third-order valence-corrected chi connectivity index (χ3v) is 11.3. The zero-order valence-corrected chi connectivity index (χ0v) is 31.5. The average molecular weight is 779 g/mol. The molecule has 11 nitrogen and oxygen atoms in total. The number of hydrogen-bond acceptors (Lipinski definition) is 8. The Morgan fingerprint density at radius 3 is 2.38 bits per heavy atom. The molecule has 0 aliphatic carbocycles. The largest absolute Gasteiger partial charge is 0.455 e. The summed E-state index contributed by atoms with van der Waals surface area (Å²) in [6, 6.07) is 13.2. The molecule has 5 bridgehead atoms. The summed E-state index contributed by atoms with van der Waals surface area (Å²) < 4.78 is 19.2. The number of carbonyl (C=O) groups excluding carboxylic acids is 4. The van der Waals surface area contributed by atoms with Crippen molar-refractivity contribution in [2.75, 3.05) is 38.3 Å². The van der Waals surface area contributed by atoms with Crippen molar-refractivity contribution in [3.05, 3.63) is 87.9 Å². The number of anilines is 1. The van der Waals surface area contributed by atoms with E-state index in [-0.39, 0.29) is 50.4 Å². The molecule has 2 fully saturated rings. The van der Waals surface area contributed by atoms with Crippen molar-refractivity contribution in [1.29, 1.82) is 0 Å². The van der Waals surface area contributed by atoms with Crippen molar-refractivity contribution in [2.24, 2.45) is 11.8 Å². The van der Waals surface area contributed by atoms with Gasteiger partial charge < -0.3 is 34.4 Å². The van der Waals surface area contributed by atoms with Crippen molar-refractivity contribution in [2.45, 2.75) is 82.3 Å². The Morgan fingerprint density at radius 2 is 1.67 bits per heavy atom. The quantitative estimate of drug-likeness (QED) is 0.199. The molecule has 3 amide bonds. The number of amides is 3. The molecule has 7 atom stereocenters. The SMILES string of the molecule is COC[C@@H]1NC(=O)CC/C=C\CN(c2c(C)cccc2C)C(=O)[C@H]2N(CCCCCCO)C(=O)[C@@H]3[C@@H](C(=O)O[C@H]1c1ccccc1)[C@@H]1O[C@@]32C=C1Br. The second-order valence-corrected chi connectivity index (χ2v) is 15.0. The minimum absolute atomic E-state index is 0.0697. The molecule has 0 radical (unpaired) electrons. The predicted molar refractivity (Wildman–Crippen MR) is 198 cm³/mol. The Kier molecular flexibility index (Phi) is 12.0. The third kappa shape index (κ3) is 7.22. The van der Waals surface area contributed by atoms with Crippen molar-refractivity contribution in [3.8, 4) is 0 Å². The van der Waals surface area contributed by atoms with E-state index >= 15 is 4.79 Å². The van der Waals surface area contributed by atoms with Crippen LogP contribution in [0.15, 0.2) is 71.2 Å². The Hall–Kier alpha value is -3.84. The number of halogens is 1. The Bertz CT molecular complexity index is 1700. The van der Waals surface area contributed by atoms with Crippen LogP contribution in [0.5, 0.6) is 0 Å². The van der Waals surface area contributed by atoms with Gasteiger partial charge in [0.1, 0.15) is 29.8 Å². The van der Waals surface area contributed by atoms with Crippen molar-refractivity contribution in [1.82, 2.24) is 10.2 Å². The van der Waals surface area contributed by atoms with Crippen LogP contribution in [0.4, 0.5) is 5.69 Å². The molecule has 4 aliphatic rings. The van der Waals surface area contributed by atoms with Gasteiger partial charge in [-0.2, -0.15) is 0 Å². The van der Waals surface area contributed by atoms with Gasteiger partial charge in [0.15, 0.2) is 0 Å². The highest BCUT2D eigenvalue weighted by atomic mass is 79.9. The number of likely N-dealkylation sites (tertiary alicyclic amines) is 1. The number of unbranched alkanes of at least 4 members (excludes halogenated alkanes) is 3. The summed E-state index contributed by atoms with van der Waals surface area (Å²) in [5.74, 6) is -3.63. The maximum Gasteiger partial charge on any atom is 0.313 e. The van der Waals surface area contributed by atoms with E-state index in [0.29, 0.717) is 29.3 Å². The molecular weight excluding hydrogens is 730 g/mol. The molecule has 278 valence electrons. The third-order valence-electron chi connectivity index (χ3n) is 10.6. The van der Waals surface area contributed by atoms with E-state index in [2.05, 4.69) is 21.2 Å². The Balaban J connectivity index is 1.47. The van der Waals surface area contributed by atoms with Gasteiger partial charge in [0, 0.05) is 43.4 Å². The van der Waals surface area contributed by atoms with Crippen molar-refractivity contribution < 1.29 is 38.5 Å². The fraction of sp³-hybridized carbons (Fsp3) is 0.500. The number of aryl methyl sites for hydroxylation is 2. The monoisotopic (exact) mass is 777 g/mol. The zero-order valence-electron chi connectivity index (χ0n) is 30.0. The summed E-state index contributed by atoms with van der Waals surface area (Å²) in [6.45, 7) is 4.54. The van der Waals surface area contributed by atoms with Crippen molar-refractivity contribution >= 4 is 45.3 Å². The number of nitrogens with zero attached hydrogens (tertiary/aromatic N) is 2. The van der Waals surface area contributed by atoms with Gasteiger partial charge in [0.05, 0.1) is 18.6 Å². The van der Waals surface area contributed by atoms with Crippen LogP contribution >= 0.6 is 15.9 Å². The first-order valence-corrected chi connectivity index (χ1v) is 19.0. The van der Waals surface area contributed by atoms with E-state index in [1.165, 1.54) is 7.11 Å². The van der Waals surface area contributed by atoms with Gasteiger partial charge in [0.2, 0.25) is 11.8 Å². The number of ether oxygens (including phenoxy) is 3. The first-order valence-electron chi connectivity index (χ1n) is 18.2. The lowest BCUT2D eigenvalue weighted by molar-refractivity contribution is -0.162. The fourth-order valence-electron chi connectivity index (χ4n) is 8.33. The van der Waals surface area contributed by atoms with Crippen LogP contribution in [0.1, 0.15) is 61.3 Å². The number of para-hydroxylation sites is 1. The van der Waals surface area contributed by atoms with Crippen LogP contribution in [0.25, 0.3) is 0 Å². The number of nitrogens with one attached hydrogen (secondary N) is 1. The van der Waals surface area contributed by atoms with Crippen LogP contribution in [-0.4, -0.2) is 90.9 Å². The van der Waals surface area contributed by atoms with Gasteiger partial charge in [-0.15, -0.1) is 0 Å². The molecule has 4 aliphatic heterocycles. The summed E-state index contributed by atoms with van der Waals surface area (Å²) in [5.41, 5.74) is 1.76. The highest BCUT2D eigenvalue weighted by Gasteiger charge is 2.75. The lowest BCUT2D eigenvalue weighted by atomic mass is 9.74. The fourth-order valence-corrected chi connectivity index (χ4v) is 9.06. The molecule has 1 spiro atoms. The molecular formula is C40H48BrN3O8. The van der Waals surface area contributed by atoms with Gasteiger partial charge in [-0.3, -0.25) is 19.2 Å². The molecule has 2 aromatic carbocycles. The Morgan fingerprint density at radius 1 is 0.942 bits per heavy atom. The van der Waals surface area contributed by atoms with E-state index in [9.17, 15) is 19.5 Å². The van der Waals surface area contributed by atoms with E-state index in [1.54, 1.807) is 9.80 Å². The second kappa shape index (κ2) is 16.4. The van der Waals surface area contributed by atoms with Crippen LogP contribution < -0.4 is 10.2 Å². The van der Waals surface area contributed by atoms with Crippen LogP contribution in [0, 0.1) is 25.7 Å². The van der Waals surface area contributed by atoms with Crippen LogP contribution in [-0.2, 0) is 33.4 Å². The standard InChI is InChI=1S/C40H48BrN3O8/c1-25-15-14-16-26(2)33(25)43-20-12-7-10-19-30(46)42-29(24-50-3)34(27-17-8-6-9-18-27)51-39(49)31-32-37(47)44(21-11-4-5-13-22-45)36(38(43)48)40(32)23-28(41)35(31)52-40/h6-9,12,14-18,23,29,31-32,34-36,45H,4-5,10-11,13,19-22,24H2,1-3H3,(H,42,46)/b12-7-/t29-,31+,32-,34-,35+,36+,40-/m0/s1. The minimum atomic E-state index is -1.43. The van der Waals surface area contributed by atoms with Crippen LogP contribution in [0.2, 0.25) is 0 Å². The first kappa shape index (κ1) is 37.9. The molecule has 12 heteroatoms. The number of aliphatic hydroxyl groups is 1. The van der Waals surface area contributed by atoms with E-state index in [1.807, 2.05) is 80.6 Å². The summed E-state index contributed by atoms with van der Waals surface area (Å²) in [4.78, 5) is 61.2. The zero-order chi connectivity index (χ0) is 37.0. The van der Waals surface area contributed by atoms with E-state index in [4.69, 9.17) is 14.2 Å². The predicted octanol–water partition coefficient (Wildman–Crippen LogP) is 4.83. The lowest BCUT2D eigenvalue weighted by Crippen LogP contribution is -2.56. The van der Waals surface area contributed by atoms with Gasteiger partial charge >= 0.3 is 5.97 Å². The molecule has 52 heavy (non-hydrogen) atoms. The molecule has 0 aromatic heterocycles. The molecule has 4 heterocycles.